The van der Waals surface area contributed by atoms with Gasteiger partial charge in [0.1, 0.15) is 11.9 Å². The maximum absolute atomic E-state index is 13.4. The van der Waals surface area contributed by atoms with E-state index < -0.39 is 23.8 Å². The quantitative estimate of drug-likeness (QED) is 0.619. The van der Waals surface area contributed by atoms with E-state index in [1.165, 1.54) is 29.2 Å². The third-order valence-electron chi connectivity index (χ3n) is 5.32. The van der Waals surface area contributed by atoms with E-state index in [1.807, 2.05) is 26.0 Å². The normalized spacial score (nSPS) is 18.7. The van der Waals surface area contributed by atoms with Gasteiger partial charge in [-0.2, -0.15) is 4.98 Å². The van der Waals surface area contributed by atoms with Crippen molar-refractivity contribution in [2.45, 2.75) is 32.4 Å². The van der Waals surface area contributed by atoms with Crippen molar-refractivity contribution >= 4 is 23.4 Å². The molecule has 4 rings (SSSR count). The van der Waals surface area contributed by atoms with Crippen LogP contribution in [0.4, 0.5) is 4.39 Å². The van der Waals surface area contributed by atoms with Crippen LogP contribution in [-0.2, 0) is 4.79 Å². The first-order valence-electron chi connectivity index (χ1n) is 10.3. The molecule has 1 fully saturated rings. The summed E-state index contributed by atoms with van der Waals surface area (Å²) < 4.78 is 18.4. The van der Waals surface area contributed by atoms with Crippen LogP contribution in [0.3, 0.4) is 0 Å². The van der Waals surface area contributed by atoms with Crippen molar-refractivity contribution in [1.29, 1.82) is 0 Å². The molecule has 1 aromatic heterocycles. The minimum atomic E-state index is -0.672. The number of nitrogens with one attached hydrogen (secondary N) is 1. The van der Waals surface area contributed by atoms with Crippen molar-refractivity contribution < 1.29 is 18.5 Å². The molecule has 2 unspecified atom stereocenters. The average molecular weight is 457 g/mol. The molecule has 0 bridgehead atoms. The lowest BCUT2D eigenvalue weighted by molar-refractivity contribution is -0.130. The van der Waals surface area contributed by atoms with Gasteiger partial charge in [-0.15, -0.1) is 0 Å². The van der Waals surface area contributed by atoms with Crippen LogP contribution >= 0.6 is 11.6 Å². The highest BCUT2D eigenvalue weighted by molar-refractivity contribution is 6.31. The lowest BCUT2D eigenvalue weighted by Gasteiger charge is -2.39. The van der Waals surface area contributed by atoms with E-state index in [2.05, 4.69) is 15.5 Å². The van der Waals surface area contributed by atoms with Gasteiger partial charge in [0.05, 0.1) is 6.04 Å². The first kappa shape index (κ1) is 22.0. The van der Waals surface area contributed by atoms with Crippen LogP contribution in [0.5, 0.6) is 0 Å². The van der Waals surface area contributed by atoms with Gasteiger partial charge in [-0.25, -0.2) is 4.39 Å². The highest BCUT2D eigenvalue weighted by atomic mass is 35.5. The zero-order valence-corrected chi connectivity index (χ0v) is 18.3. The molecule has 0 spiro atoms. The lowest BCUT2D eigenvalue weighted by atomic mass is 9.95. The van der Waals surface area contributed by atoms with Gasteiger partial charge in [-0.1, -0.05) is 48.8 Å². The van der Waals surface area contributed by atoms with Crippen LogP contribution in [0.15, 0.2) is 53.1 Å². The molecule has 0 radical (unpaired) electrons. The zero-order chi connectivity index (χ0) is 22.8. The minimum absolute atomic E-state index is 0.0953. The van der Waals surface area contributed by atoms with Crippen LogP contribution in [0, 0.1) is 11.7 Å². The molecule has 7 nitrogen and oxygen atoms in total. The molecular formula is C23H22ClFN4O3. The van der Waals surface area contributed by atoms with E-state index in [0.29, 0.717) is 17.0 Å². The Hall–Kier alpha value is -3.26. The number of rotatable bonds is 5. The Balaban J connectivity index is 1.64. The summed E-state index contributed by atoms with van der Waals surface area (Å²) in [5.74, 6) is -1.06. The van der Waals surface area contributed by atoms with Crippen molar-refractivity contribution in [3.63, 3.8) is 0 Å². The number of piperazine rings is 1. The maximum atomic E-state index is 13.4. The fraction of sp³-hybridized carbons (Fsp3) is 0.304. The fourth-order valence-corrected chi connectivity index (χ4v) is 4.03. The first-order valence-corrected chi connectivity index (χ1v) is 10.7. The number of carbonyl (C=O) groups is 2. The summed E-state index contributed by atoms with van der Waals surface area (Å²) in [6.45, 7) is 4.18. The van der Waals surface area contributed by atoms with Crippen LogP contribution in [0.2, 0.25) is 5.02 Å². The summed E-state index contributed by atoms with van der Waals surface area (Å²) in [6, 6.07) is 11.6. The van der Waals surface area contributed by atoms with Crippen molar-refractivity contribution in [2.75, 3.05) is 6.54 Å². The van der Waals surface area contributed by atoms with Gasteiger partial charge in [-0.3, -0.25) is 9.59 Å². The summed E-state index contributed by atoms with van der Waals surface area (Å²) in [5.41, 5.74) is 1.21. The Morgan fingerprint density at radius 2 is 1.97 bits per heavy atom. The van der Waals surface area contributed by atoms with Crippen molar-refractivity contribution in [3.05, 3.63) is 70.8 Å². The van der Waals surface area contributed by atoms with E-state index in [1.54, 1.807) is 12.1 Å². The smallest absolute Gasteiger partial charge is 0.296 e. The lowest BCUT2D eigenvalue weighted by Crippen LogP contribution is -2.58. The molecule has 2 aromatic carbocycles. The molecule has 3 aromatic rings. The third kappa shape index (κ3) is 4.50. The minimum Gasteiger partial charge on any atom is -0.346 e. The number of halogens is 2. The molecule has 0 saturated carbocycles. The van der Waals surface area contributed by atoms with Crippen LogP contribution in [0.25, 0.3) is 11.5 Å². The number of carbonyl (C=O) groups excluding carboxylic acids is 2. The summed E-state index contributed by atoms with van der Waals surface area (Å²) >= 11 is 6.33. The second-order valence-electron chi connectivity index (χ2n) is 8.12. The number of nitrogens with zero attached hydrogens (tertiary/aromatic N) is 3. The maximum Gasteiger partial charge on any atom is 0.296 e. The standard InChI is InChI=1S/C23H22ClFN4O3/c1-13(2)11-19-21(30)26-18(16-5-3-4-6-17(16)24)12-29(19)23(31)20-27-22(32-28-20)14-7-9-15(25)10-8-14/h3-10,13,18-19H,11-12H2,1-2H3,(H,26,30). The van der Waals surface area contributed by atoms with Crippen LogP contribution < -0.4 is 5.32 Å². The largest absolute Gasteiger partial charge is 0.346 e. The van der Waals surface area contributed by atoms with Crippen LogP contribution in [-0.4, -0.2) is 39.4 Å². The second-order valence-corrected chi connectivity index (χ2v) is 8.52. The highest BCUT2D eigenvalue weighted by Gasteiger charge is 2.40. The molecule has 2 amide bonds. The Labute approximate surface area is 189 Å². The number of aromatic nitrogens is 2. The number of benzene rings is 2. The molecule has 1 N–H and O–H groups in total. The van der Waals surface area contributed by atoms with E-state index in [0.717, 1.165) is 5.56 Å². The van der Waals surface area contributed by atoms with Gasteiger partial charge >= 0.3 is 0 Å². The van der Waals surface area contributed by atoms with E-state index in [-0.39, 0.29) is 30.1 Å². The summed E-state index contributed by atoms with van der Waals surface area (Å²) in [4.78, 5) is 32.0. The van der Waals surface area contributed by atoms with Gasteiger partial charge in [-0.05, 0) is 48.2 Å². The number of amides is 2. The second kappa shape index (κ2) is 9.08. The monoisotopic (exact) mass is 456 g/mol. The highest BCUT2D eigenvalue weighted by Crippen LogP contribution is 2.29. The first-order chi connectivity index (χ1) is 15.3. The van der Waals surface area contributed by atoms with Gasteiger partial charge < -0.3 is 14.7 Å². The molecule has 9 heteroatoms. The van der Waals surface area contributed by atoms with Crippen LogP contribution in [0.1, 0.15) is 42.5 Å². The van der Waals surface area contributed by atoms with Crippen molar-refractivity contribution in [2.24, 2.45) is 5.92 Å². The van der Waals surface area contributed by atoms with Crippen molar-refractivity contribution in [1.82, 2.24) is 20.4 Å². The number of hydrogen-bond donors (Lipinski definition) is 1. The Morgan fingerprint density at radius 3 is 2.66 bits per heavy atom. The summed E-state index contributed by atoms with van der Waals surface area (Å²) in [7, 11) is 0. The Morgan fingerprint density at radius 1 is 1.25 bits per heavy atom. The molecule has 1 saturated heterocycles. The molecule has 166 valence electrons. The van der Waals surface area contributed by atoms with Gasteiger partial charge in [0.2, 0.25) is 5.91 Å². The molecule has 2 heterocycles. The predicted octanol–water partition coefficient (Wildman–Crippen LogP) is 4.26. The predicted molar refractivity (Wildman–Crippen MR) is 116 cm³/mol. The SMILES string of the molecule is CC(C)CC1C(=O)NC(c2ccccc2Cl)CN1C(=O)c1noc(-c2ccc(F)cc2)n1. The van der Waals surface area contributed by atoms with E-state index in [4.69, 9.17) is 16.1 Å². The molecule has 2 atom stereocenters. The Bertz CT molecular complexity index is 1130. The molecular weight excluding hydrogens is 435 g/mol. The Kier molecular flexibility index (Phi) is 6.23. The van der Waals surface area contributed by atoms with Gasteiger partial charge in [0.25, 0.3) is 17.6 Å². The summed E-state index contributed by atoms with van der Waals surface area (Å²) in [6.07, 6.45) is 0.482. The molecule has 1 aliphatic rings. The third-order valence-corrected chi connectivity index (χ3v) is 5.66. The number of hydrogen-bond acceptors (Lipinski definition) is 5. The van der Waals surface area contributed by atoms with Gasteiger partial charge in [0.15, 0.2) is 0 Å². The fourth-order valence-electron chi connectivity index (χ4n) is 3.77. The van der Waals surface area contributed by atoms with E-state index in [9.17, 15) is 14.0 Å². The summed E-state index contributed by atoms with van der Waals surface area (Å²) in [5, 5.41) is 7.31. The molecule has 1 aliphatic heterocycles. The zero-order valence-electron chi connectivity index (χ0n) is 17.6. The molecule has 32 heavy (non-hydrogen) atoms. The van der Waals surface area contributed by atoms with Crippen molar-refractivity contribution in [3.8, 4) is 11.5 Å². The topological polar surface area (TPSA) is 88.3 Å². The average Bonchev–Trinajstić information content (AvgIpc) is 3.25. The van der Waals surface area contributed by atoms with E-state index >= 15 is 0 Å². The van der Waals surface area contributed by atoms with Gasteiger partial charge in [0, 0.05) is 17.1 Å². The molecule has 0 aliphatic carbocycles.